The molecule has 8 heteroatoms. The van der Waals surface area contributed by atoms with Crippen LogP contribution in [0.25, 0.3) is 10.9 Å². The van der Waals surface area contributed by atoms with Gasteiger partial charge in [-0.3, -0.25) is 24.0 Å². The predicted octanol–water partition coefficient (Wildman–Crippen LogP) is 2.82. The van der Waals surface area contributed by atoms with Gasteiger partial charge in [-0.15, -0.1) is 0 Å². The van der Waals surface area contributed by atoms with Crippen molar-refractivity contribution in [2.24, 2.45) is 0 Å². The number of para-hydroxylation sites is 1. The molecule has 0 spiro atoms. The number of carbonyl (C=O) groups excluding carboxylic acids is 1. The number of fused-ring (bicyclic) bond motifs is 1. The van der Waals surface area contributed by atoms with Crippen LogP contribution in [0.1, 0.15) is 43.1 Å². The summed E-state index contributed by atoms with van der Waals surface area (Å²) < 4.78 is 16.1. The first kappa shape index (κ1) is 22.9. The van der Waals surface area contributed by atoms with Crippen molar-refractivity contribution in [2.45, 2.75) is 45.8 Å². The van der Waals surface area contributed by atoms with Gasteiger partial charge in [-0.25, -0.2) is 9.18 Å². The number of aromatic nitrogens is 2. The Kier molecular flexibility index (Phi) is 6.47. The number of nitrogens with zero attached hydrogens (tertiary/aromatic N) is 3. The molecule has 33 heavy (non-hydrogen) atoms. The van der Waals surface area contributed by atoms with E-state index in [1.807, 2.05) is 0 Å². The van der Waals surface area contributed by atoms with Crippen molar-refractivity contribution in [3.63, 3.8) is 0 Å². The Morgan fingerprint density at radius 1 is 1.15 bits per heavy atom. The van der Waals surface area contributed by atoms with Crippen molar-refractivity contribution in [3.05, 3.63) is 80.2 Å². The number of nitrogens with one attached hydrogen (secondary N) is 1. The largest absolute Gasteiger partial charge is 0.336 e. The standard InChI is InChI=1S/C25H29FN4O3/c1-4-18-15-28(11-12-29(18)16(2)3)24(32)20-13-17(9-10-21(20)26)14-30-22-8-6-5-7-19(22)23(31)27-25(30)33/h5-10,13,16,18H,4,11-12,14-15H2,1-3H3,(H,27,31,33)/t18-/m0/s1. The van der Waals surface area contributed by atoms with E-state index >= 15 is 0 Å². The van der Waals surface area contributed by atoms with Gasteiger partial charge in [-0.2, -0.15) is 0 Å². The second-order valence-electron chi connectivity index (χ2n) is 8.82. The third-order valence-electron chi connectivity index (χ3n) is 6.46. The maximum Gasteiger partial charge on any atom is 0.329 e. The maximum absolute atomic E-state index is 14.7. The highest BCUT2D eigenvalue weighted by atomic mass is 19.1. The third-order valence-corrected chi connectivity index (χ3v) is 6.46. The van der Waals surface area contributed by atoms with Crippen LogP contribution in [0.5, 0.6) is 0 Å². The van der Waals surface area contributed by atoms with Crippen LogP contribution < -0.4 is 11.2 Å². The summed E-state index contributed by atoms with van der Waals surface area (Å²) in [4.78, 5) is 44.3. The molecular formula is C25H29FN4O3. The number of halogens is 1. The average Bonchev–Trinajstić information content (AvgIpc) is 2.81. The van der Waals surface area contributed by atoms with E-state index in [1.54, 1.807) is 35.2 Å². The van der Waals surface area contributed by atoms with Crippen LogP contribution in [0, 0.1) is 5.82 Å². The molecule has 1 amide bonds. The predicted molar refractivity (Wildman–Crippen MR) is 126 cm³/mol. The van der Waals surface area contributed by atoms with Crippen molar-refractivity contribution >= 4 is 16.8 Å². The Hall–Kier alpha value is -3.26. The summed E-state index contributed by atoms with van der Waals surface area (Å²) in [6.07, 6.45) is 0.909. The van der Waals surface area contributed by atoms with Gasteiger partial charge in [0.25, 0.3) is 11.5 Å². The van der Waals surface area contributed by atoms with Gasteiger partial charge in [0.2, 0.25) is 0 Å². The molecule has 1 N–H and O–H groups in total. The van der Waals surface area contributed by atoms with Crippen molar-refractivity contribution in [3.8, 4) is 0 Å². The summed E-state index contributed by atoms with van der Waals surface area (Å²) in [6.45, 7) is 8.35. The molecule has 7 nitrogen and oxygen atoms in total. The topological polar surface area (TPSA) is 78.4 Å². The minimum absolute atomic E-state index is 0.00197. The van der Waals surface area contributed by atoms with E-state index in [-0.39, 0.29) is 24.1 Å². The first-order valence-electron chi connectivity index (χ1n) is 11.4. The maximum atomic E-state index is 14.7. The summed E-state index contributed by atoms with van der Waals surface area (Å²) in [5, 5.41) is 0.393. The molecule has 0 radical (unpaired) electrons. The van der Waals surface area contributed by atoms with Crippen LogP contribution in [0.15, 0.2) is 52.1 Å². The lowest BCUT2D eigenvalue weighted by Crippen LogP contribution is -2.56. The summed E-state index contributed by atoms with van der Waals surface area (Å²) in [5.41, 5.74) is 0.0902. The van der Waals surface area contributed by atoms with Crippen molar-refractivity contribution in [2.75, 3.05) is 19.6 Å². The zero-order valence-corrected chi connectivity index (χ0v) is 19.2. The summed E-state index contributed by atoms with van der Waals surface area (Å²) >= 11 is 0. The lowest BCUT2D eigenvalue weighted by molar-refractivity contribution is 0.0368. The monoisotopic (exact) mass is 452 g/mol. The molecule has 1 fully saturated rings. The van der Waals surface area contributed by atoms with Crippen LogP contribution >= 0.6 is 0 Å². The van der Waals surface area contributed by atoms with Gasteiger partial charge in [0.1, 0.15) is 5.82 Å². The number of rotatable bonds is 5. The Morgan fingerprint density at radius 2 is 1.91 bits per heavy atom. The highest BCUT2D eigenvalue weighted by Crippen LogP contribution is 2.20. The number of carbonyl (C=O) groups is 1. The first-order valence-corrected chi connectivity index (χ1v) is 11.4. The van der Waals surface area contributed by atoms with Gasteiger partial charge in [0.05, 0.1) is 23.0 Å². The van der Waals surface area contributed by atoms with E-state index in [1.165, 1.54) is 16.7 Å². The van der Waals surface area contributed by atoms with Crippen LogP contribution in [0.4, 0.5) is 4.39 Å². The zero-order chi connectivity index (χ0) is 23.7. The molecular weight excluding hydrogens is 423 g/mol. The van der Waals surface area contributed by atoms with Crippen molar-refractivity contribution < 1.29 is 9.18 Å². The number of hydrogen-bond acceptors (Lipinski definition) is 4. The Morgan fingerprint density at radius 3 is 2.64 bits per heavy atom. The molecule has 3 aromatic rings. The molecule has 0 unspecified atom stereocenters. The van der Waals surface area contributed by atoms with E-state index in [4.69, 9.17) is 0 Å². The van der Waals surface area contributed by atoms with Crippen LogP contribution in [-0.4, -0.2) is 57.0 Å². The van der Waals surface area contributed by atoms with E-state index in [2.05, 4.69) is 30.7 Å². The lowest BCUT2D eigenvalue weighted by Gasteiger charge is -2.43. The molecule has 0 aliphatic carbocycles. The Balaban J connectivity index is 1.63. The van der Waals surface area contributed by atoms with E-state index < -0.39 is 17.1 Å². The number of hydrogen-bond donors (Lipinski definition) is 1. The fourth-order valence-corrected chi connectivity index (χ4v) is 4.68. The highest BCUT2D eigenvalue weighted by Gasteiger charge is 2.31. The van der Waals surface area contributed by atoms with Gasteiger partial charge >= 0.3 is 5.69 Å². The van der Waals surface area contributed by atoms with Crippen molar-refractivity contribution in [1.82, 2.24) is 19.4 Å². The fourth-order valence-electron chi connectivity index (χ4n) is 4.68. The molecule has 1 atom stereocenters. The minimum Gasteiger partial charge on any atom is -0.336 e. The number of amides is 1. The number of piperazine rings is 1. The van der Waals surface area contributed by atoms with Crippen molar-refractivity contribution in [1.29, 1.82) is 0 Å². The van der Waals surface area contributed by atoms with Crippen LogP contribution in [-0.2, 0) is 6.54 Å². The van der Waals surface area contributed by atoms with Crippen LogP contribution in [0.2, 0.25) is 0 Å². The summed E-state index contributed by atoms with van der Waals surface area (Å²) in [6, 6.07) is 11.8. The molecule has 174 valence electrons. The van der Waals surface area contributed by atoms with Gasteiger partial charge in [-0.1, -0.05) is 25.1 Å². The van der Waals surface area contributed by atoms with Crippen LogP contribution in [0.3, 0.4) is 0 Å². The highest BCUT2D eigenvalue weighted by molar-refractivity contribution is 5.94. The second-order valence-corrected chi connectivity index (χ2v) is 8.82. The Labute approximate surface area is 191 Å². The minimum atomic E-state index is -0.582. The SMILES string of the molecule is CC[C@H]1CN(C(=O)c2cc(Cn3c(=O)[nH]c(=O)c4ccccc43)ccc2F)CCN1C(C)C. The third kappa shape index (κ3) is 4.48. The molecule has 0 saturated carbocycles. The molecule has 0 bridgehead atoms. The van der Waals surface area contributed by atoms with E-state index in [0.717, 1.165) is 13.0 Å². The zero-order valence-electron chi connectivity index (χ0n) is 19.2. The number of H-pyrrole nitrogens is 1. The summed E-state index contributed by atoms with van der Waals surface area (Å²) in [5.74, 6) is -0.920. The second kappa shape index (κ2) is 9.31. The number of benzene rings is 2. The molecule has 1 aliphatic rings. The first-order chi connectivity index (χ1) is 15.8. The fraction of sp³-hybridized carbons (Fsp3) is 0.400. The molecule has 4 rings (SSSR count). The van der Waals surface area contributed by atoms with Gasteiger partial charge in [0, 0.05) is 31.7 Å². The Bertz CT molecular complexity index is 1300. The smallest absolute Gasteiger partial charge is 0.329 e. The summed E-state index contributed by atoms with van der Waals surface area (Å²) in [7, 11) is 0. The molecule has 1 aromatic heterocycles. The van der Waals surface area contributed by atoms with Gasteiger partial charge in [-0.05, 0) is 50.1 Å². The number of aromatic amines is 1. The molecule has 2 heterocycles. The molecule has 2 aromatic carbocycles. The van der Waals surface area contributed by atoms with E-state index in [9.17, 15) is 18.8 Å². The average molecular weight is 453 g/mol. The lowest BCUT2D eigenvalue weighted by atomic mass is 10.0. The quantitative estimate of drug-likeness (QED) is 0.646. The molecule has 1 saturated heterocycles. The van der Waals surface area contributed by atoms with Gasteiger partial charge < -0.3 is 4.90 Å². The van der Waals surface area contributed by atoms with Gasteiger partial charge in [0.15, 0.2) is 0 Å². The van der Waals surface area contributed by atoms with E-state index in [0.29, 0.717) is 35.6 Å². The normalized spacial score (nSPS) is 17.1. The molecule has 1 aliphatic heterocycles.